The first kappa shape index (κ1) is 11.6. The van der Waals surface area contributed by atoms with Gasteiger partial charge >= 0.3 is 0 Å². The molecule has 3 rings (SSSR count). The number of nitrogens with zero attached hydrogens (tertiary/aromatic N) is 4. The number of likely N-dealkylation sites (tertiary alicyclic amines) is 1. The lowest BCUT2D eigenvalue weighted by atomic mass is 9.96. The third-order valence-electron chi connectivity index (χ3n) is 3.83. The van der Waals surface area contributed by atoms with Gasteiger partial charge in [-0.2, -0.15) is 0 Å². The van der Waals surface area contributed by atoms with Gasteiger partial charge in [-0.3, -0.25) is 4.40 Å². The molecule has 1 saturated heterocycles. The van der Waals surface area contributed by atoms with E-state index >= 15 is 0 Å². The zero-order chi connectivity index (χ0) is 12.5. The molecule has 5 nitrogen and oxygen atoms in total. The number of piperidine rings is 1. The van der Waals surface area contributed by atoms with Gasteiger partial charge < -0.3 is 10.6 Å². The number of pyridine rings is 1. The molecule has 0 spiro atoms. The average molecular weight is 245 g/mol. The van der Waals surface area contributed by atoms with Gasteiger partial charge in [-0.1, -0.05) is 6.07 Å². The van der Waals surface area contributed by atoms with Crippen LogP contribution in [0.15, 0.2) is 18.2 Å². The first-order valence-electron chi connectivity index (χ1n) is 6.51. The zero-order valence-electron chi connectivity index (χ0n) is 10.7. The maximum atomic E-state index is 5.81. The Labute approximate surface area is 107 Å². The summed E-state index contributed by atoms with van der Waals surface area (Å²) < 4.78 is 2.13. The lowest BCUT2D eigenvalue weighted by Crippen LogP contribution is -2.30. The molecule has 0 aliphatic carbocycles. The van der Waals surface area contributed by atoms with Gasteiger partial charge in [0.05, 0.1) is 0 Å². The Morgan fingerprint density at radius 3 is 2.78 bits per heavy atom. The van der Waals surface area contributed by atoms with Crippen LogP contribution in [0.2, 0.25) is 0 Å². The van der Waals surface area contributed by atoms with Gasteiger partial charge in [-0.05, 0) is 45.1 Å². The van der Waals surface area contributed by atoms with Crippen molar-refractivity contribution >= 4 is 5.65 Å². The second kappa shape index (κ2) is 4.66. The van der Waals surface area contributed by atoms with E-state index in [4.69, 9.17) is 5.73 Å². The Morgan fingerprint density at radius 1 is 1.28 bits per heavy atom. The Bertz CT molecular complexity index is 539. The summed E-state index contributed by atoms with van der Waals surface area (Å²) in [5.74, 6) is 1.59. The molecule has 0 unspecified atom stereocenters. The minimum Gasteiger partial charge on any atom is -0.325 e. The quantitative estimate of drug-likeness (QED) is 0.857. The van der Waals surface area contributed by atoms with Gasteiger partial charge in [-0.25, -0.2) is 0 Å². The molecule has 3 heterocycles. The Hall–Kier alpha value is -1.46. The van der Waals surface area contributed by atoms with Crippen LogP contribution in [0.3, 0.4) is 0 Å². The Balaban J connectivity index is 2.01. The van der Waals surface area contributed by atoms with Crippen LogP contribution < -0.4 is 5.73 Å². The van der Waals surface area contributed by atoms with Crippen LogP contribution in [0.1, 0.15) is 30.3 Å². The summed E-state index contributed by atoms with van der Waals surface area (Å²) in [6.45, 7) is 2.78. The molecule has 1 aliphatic heterocycles. The highest BCUT2D eigenvalue weighted by molar-refractivity contribution is 5.40. The van der Waals surface area contributed by atoms with Gasteiger partial charge in [0.25, 0.3) is 0 Å². The third-order valence-corrected chi connectivity index (χ3v) is 3.83. The first-order chi connectivity index (χ1) is 8.79. The van der Waals surface area contributed by atoms with Crippen molar-refractivity contribution in [2.45, 2.75) is 25.3 Å². The van der Waals surface area contributed by atoms with E-state index in [-0.39, 0.29) is 0 Å². The largest absolute Gasteiger partial charge is 0.325 e. The number of hydrogen-bond donors (Lipinski definition) is 1. The fourth-order valence-electron chi connectivity index (χ4n) is 2.72. The van der Waals surface area contributed by atoms with E-state index < -0.39 is 0 Å². The SMILES string of the molecule is CN1CCC(c2nnc3cccc(CN)n23)CC1. The molecule has 2 aromatic heterocycles. The van der Waals surface area contributed by atoms with E-state index in [0.717, 1.165) is 43.1 Å². The molecule has 2 aromatic rings. The predicted octanol–water partition coefficient (Wildman–Crippen LogP) is 0.997. The van der Waals surface area contributed by atoms with Gasteiger partial charge in [0, 0.05) is 18.2 Å². The van der Waals surface area contributed by atoms with Crippen molar-refractivity contribution in [2.75, 3.05) is 20.1 Å². The smallest absolute Gasteiger partial charge is 0.161 e. The summed E-state index contributed by atoms with van der Waals surface area (Å²) in [6.07, 6.45) is 2.30. The fraction of sp³-hybridized carbons (Fsp3) is 0.538. The first-order valence-corrected chi connectivity index (χ1v) is 6.51. The van der Waals surface area contributed by atoms with Gasteiger partial charge in [-0.15, -0.1) is 10.2 Å². The third kappa shape index (κ3) is 1.89. The van der Waals surface area contributed by atoms with Gasteiger partial charge in [0.1, 0.15) is 5.82 Å². The Kier molecular flexibility index (Phi) is 3.01. The molecule has 1 fully saturated rings. The van der Waals surface area contributed by atoms with Crippen LogP contribution in [-0.2, 0) is 6.54 Å². The molecule has 1 aliphatic rings. The minimum absolute atomic E-state index is 0.504. The molecule has 18 heavy (non-hydrogen) atoms. The molecule has 0 amide bonds. The van der Waals surface area contributed by atoms with Crippen molar-refractivity contribution in [1.82, 2.24) is 19.5 Å². The van der Waals surface area contributed by atoms with Gasteiger partial charge in [0.15, 0.2) is 5.65 Å². The average Bonchev–Trinajstić information content (AvgIpc) is 2.83. The van der Waals surface area contributed by atoms with Crippen molar-refractivity contribution in [3.05, 3.63) is 29.7 Å². The van der Waals surface area contributed by atoms with Crippen LogP contribution in [0, 0.1) is 0 Å². The second-order valence-corrected chi connectivity index (χ2v) is 5.05. The minimum atomic E-state index is 0.504. The number of fused-ring (bicyclic) bond motifs is 1. The van der Waals surface area contributed by atoms with E-state index in [0.29, 0.717) is 12.5 Å². The molecule has 0 radical (unpaired) electrons. The topological polar surface area (TPSA) is 59.5 Å². The second-order valence-electron chi connectivity index (χ2n) is 5.05. The highest BCUT2D eigenvalue weighted by Crippen LogP contribution is 2.27. The van der Waals surface area contributed by atoms with E-state index in [9.17, 15) is 0 Å². The number of rotatable bonds is 2. The lowest BCUT2D eigenvalue weighted by molar-refractivity contribution is 0.250. The summed E-state index contributed by atoms with van der Waals surface area (Å²) in [5.41, 5.74) is 7.81. The molecule has 0 atom stereocenters. The standard InChI is InChI=1S/C13H19N5/c1-17-7-5-10(6-8-17)13-16-15-12-4-2-3-11(9-14)18(12)13/h2-4,10H,5-9,14H2,1H3. The summed E-state index contributed by atoms with van der Waals surface area (Å²) in [6, 6.07) is 6.03. The monoisotopic (exact) mass is 245 g/mol. The van der Waals surface area contributed by atoms with Crippen LogP contribution in [0.5, 0.6) is 0 Å². The molecule has 0 bridgehead atoms. The molecular weight excluding hydrogens is 226 g/mol. The van der Waals surface area contributed by atoms with E-state index in [1.165, 1.54) is 0 Å². The molecule has 0 aromatic carbocycles. The highest BCUT2D eigenvalue weighted by Gasteiger charge is 2.23. The van der Waals surface area contributed by atoms with Gasteiger partial charge in [0.2, 0.25) is 0 Å². The number of nitrogens with two attached hydrogens (primary N) is 1. The van der Waals surface area contributed by atoms with Crippen LogP contribution >= 0.6 is 0 Å². The van der Waals surface area contributed by atoms with E-state index in [2.05, 4.69) is 32.6 Å². The molecule has 2 N–H and O–H groups in total. The lowest BCUT2D eigenvalue weighted by Gasteiger charge is -2.28. The molecule has 0 saturated carbocycles. The van der Waals surface area contributed by atoms with Crippen molar-refractivity contribution in [3.63, 3.8) is 0 Å². The van der Waals surface area contributed by atoms with Crippen LogP contribution in [0.4, 0.5) is 0 Å². The zero-order valence-corrected chi connectivity index (χ0v) is 10.7. The summed E-state index contributed by atoms with van der Waals surface area (Å²) in [7, 11) is 2.17. The van der Waals surface area contributed by atoms with Crippen LogP contribution in [-0.4, -0.2) is 39.6 Å². The van der Waals surface area contributed by atoms with Crippen molar-refractivity contribution in [3.8, 4) is 0 Å². The molecular formula is C13H19N5. The van der Waals surface area contributed by atoms with Crippen LogP contribution in [0.25, 0.3) is 5.65 Å². The summed E-state index contributed by atoms with van der Waals surface area (Å²) in [5, 5.41) is 8.66. The molecule has 5 heteroatoms. The van der Waals surface area contributed by atoms with Crippen molar-refractivity contribution in [2.24, 2.45) is 5.73 Å². The number of aromatic nitrogens is 3. The summed E-state index contributed by atoms with van der Waals surface area (Å²) in [4.78, 5) is 2.36. The predicted molar refractivity (Wildman–Crippen MR) is 70.4 cm³/mol. The van der Waals surface area contributed by atoms with Crippen molar-refractivity contribution in [1.29, 1.82) is 0 Å². The Morgan fingerprint density at radius 2 is 2.06 bits per heavy atom. The molecule has 96 valence electrons. The van der Waals surface area contributed by atoms with Crippen molar-refractivity contribution < 1.29 is 0 Å². The highest BCUT2D eigenvalue weighted by atomic mass is 15.3. The fourth-order valence-corrected chi connectivity index (χ4v) is 2.72. The maximum Gasteiger partial charge on any atom is 0.161 e. The van der Waals surface area contributed by atoms with E-state index in [1.807, 2.05) is 12.1 Å². The normalized spacial score (nSPS) is 18.6. The maximum absolute atomic E-state index is 5.81. The number of hydrogen-bond acceptors (Lipinski definition) is 4. The summed E-state index contributed by atoms with van der Waals surface area (Å²) >= 11 is 0. The van der Waals surface area contributed by atoms with E-state index in [1.54, 1.807) is 0 Å².